The Hall–Kier alpha value is -2.73. The molecule has 29 heavy (non-hydrogen) atoms. The van der Waals surface area contributed by atoms with Gasteiger partial charge in [0.25, 0.3) is 11.8 Å². The molecule has 2 aliphatic rings. The molecule has 1 unspecified atom stereocenters. The maximum atomic E-state index is 13.8. The minimum absolute atomic E-state index is 0.189. The Bertz CT molecular complexity index is 992. The highest BCUT2D eigenvalue weighted by atomic mass is 19.1. The van der Waals surface area contributed by atoms with E-state index in [2.05, 4.69) is 5.32 Å². The van der Waals surface area contributed by atoms with Crippen molar-refractivity contribution in [3.05, 3.63) is 64.5 Å². The van der Waals surface area contributed by atoms with E-state index in [4.69, 9.17) is 0 Å². The zero-order valence-corrected chi connectivity index (χ0v) is 16.8. The monoisotopic (exact) mass is 396 g/mol. The van der Waals surface area contributed by atoms with E-state index in [-0.39, 0.29) is 23.1 Å². The van der Waals surface area contributed by atoms with Crippen LogP contribution in [0.3, 0.4) is 0 Å². The molecule has 6 heteroatoms. The van der Waals surface area contributed by atoms with Crippen LogP contribution in [-0.2, 0) is 6.54 Å². The molecule has 1 saturated carbocycles. The minimum Gasteiger partial charge on any atom is -0.388 e. The maximum Gasteiger partial charge on any atom is 0.256 e. The topological polar surface area (TPSA) is 69.6 Å². The highest BCUT2D eigenvalue weighted by Crippen LogP contribution is 2.43. The van der Waals surface area contributed by atoms with Crippen molar-refractivity contribution in [1.29, 1.82) is 0 Å². The van der Waals surface area contributed by atoms with Crippen LogP contribution in [0.5, 0.6) is 0 Å². The summed E-state index contributed by atoms with van der Waals surface area (Å²) in [6, 6.07) is 9.43. The summed E-state index contributed by atoms with van der Waals surface area (Å²) in [5, 5.41) is 13.5. The van der Waals surface area contributed by atoms with Gasteiger partial charge in [0.05, 0.1) is 22.9 Å². The standard InChI is InChI=1S/C23H25FN2O3/c1-13-16(7-5-8-17(13)24)21(27)25-18-9-4-6-15-12-26(22(28)19(15)18)20(14-10-11-14)23(2,3)29/h4-9,14,20,29H,10-12H2,1-3H3,(H,25,27). The molecule has 1 atom stereocenters. The van der Waals surface area contributed by atoms with Gasteiger partial charge in [-0.25, -0.2) is 4.39 Å². The van der Waals surface area contributed by atoms with Gasteiger partial charge in [0, 0.05) is 12.1 Å². The average molecular weight is 396 g/mol. The molecule has 2 amide bonds. The highest BCUT2D eigenvalue weighted by molar-refractivity contribution is 6.11. The Morgan fingerprint density at radius 3 is 2.59 bits per heavy atom. The molecule has 0 aromatic heterocycles. The molecule has 0 saturated heterocycles. The number of hydrogen-bond donors (Lipinski definition) is 2. The molecule has 0 bridgehead atoms. The van der Waals surface area contributed by atoms with Crippen LogP contribution in [-0.4, -0.2) is 33.5 Å². The third-order valence-corrected chi connectivity index (χ3v) is 5.85. The molecule has 5 nitrogen and oxygen atoms in total. The van der Waals surface area contributed by atoms with Crippen LogP contribution < -0.4 is 5.32 Å². The number of nitrogens with one attached hydrogen (secondary N) is 1. The van der Waals surface area contributed by atoms with Crippen molar-refractivity contribution < 1.29 is 19.1 Å². The summed E-state index contributed by atoms with van der Waals surface area (Å²) in [6.45, 7) is 5.43. The van der Waals surface area contributed by atoms with Crippen LogP contribution >= 0.6 is 0 Å². The van der Waals surface area contributed by atoms with E-state index in [1.807, 2.05) is 6.07 Å². The number of carbonyl (C=O) groups is 2. The number of fused-ring (bicyclic) bond motifs is 1. The summed E-state index contributed by atoms with van der Waals surface area (Å²) < 4.78 is 13.8. The van der Waals surface area contributed by atoms with Crippen LogP contribution in [0, 0.1) is 18.7 Å². The SMILES string of the molecule is Cc1c(F)cccc1C(=O)Nc1cccc2c1C(=O)N(C(C1CC1)C(C)(C)O)C2. The van der Waals surface area contributed by atoms with Gasteiger partial charge in [0.15, 0.2) is 0 Å². The molecular weight excluding hydrogens is 371 g/mol. The number of anilines is 1. The minimum atomic E-state index is -1.01. The predicted octanol–water partition coefficient (Wildman–Crippen LogP) is 3.89. The van der Waals surface area contributed by atoms with Gasteiger partial charge in [0.2, 0.25) is 0 Å². The van der Waals surface area contributed by atoms with Crippen LogP contribution in [0.2, 0.25) is 0 Å². The number of halogens is 1. The van der Waals surface area contributed by atoms with Gasteiger partial charge < -0.3 is 15.3 Å². The van der Waals surface area contributed by atoms with Crippen LogP contribution in [0.4, 0.5) is 10.1 Å². The van der Waals surface area contributed by atoms with Gasteiger partial charge in [-0.15, -0.1) is 0 Å². The molecule has 152 valence electrons. The Morgan fingerprint density at radius 1 is 1.24 bits per heavy atom. The maximum absolute atomic E-state index is 13.8. The third-order valence-electron chi connectivity index (χ3n) is 5.85. The van der Waals surface area contributed by atoms with Gasteiger partial charge in [0.1, 0.15) is 5.82 Å². The fourth-order valence-electron chi connectivity index (χ4n) is 4.38. The number of amides is 2. The summed E-state index contributed by atoms with van der Waals surface area (Å²) in [6.07, 6.45) is 1.99. The van der Waals surface area contributed by atoms with Crippen molar-refractivity contribution in [1.82, 2.24) is 4.90 Å². The van der Waals surface area contributed by atoms with Crippen molar-refractivity contribution in [2.24, 2.45) is 5.92 Å². The highest BCUT2D eigenvalue weighted by Gasteiger charge is 2.48. The summed E-state index contributed by atoms with van der Waals surface area (Å²) in [7, 11) is 0. The summed E-state index contributed by atoms with van der Waals surface area (Å²) in [5.41, 5.74) is 1.16. The number of nitrogens with zero attached hydrogens (tertiary/aromatic N) is 1. The second-order valence-electron chi connectivity index (χ2n) is 8.58. The van der Waals surface area contributed by atoms with Crippen molar-refractivity contribution in [3.8, 4) is 0 Å². The van der Waals surface area contributed by atoms with E-state index in [1.165, 1.54) is 12.1 Å². The molecule has 1 heterocycles. The Labute approximate surface area is 169 Å². The molecule has 2 aromatic rings. The number of aliphatic hydroxyl groups is 1. The van der Waals surface area contributed by atoms with E-state index < -0.39 is 17.3 Å². The van der Waals surface area contributed by atoms with Gasteiger partial charge >= 0.3 is 0 Å². The first-order chi connectivity index (χ1) is 13.7. The van der Waals surface area contributed by atoms with E-state index in [9.17, 15) is 19.1 Å². The molecule has 2 N–H and O–H groups in total. The first-order valence-corrected chi connectivity index (χ1v) is 9.90. The van der Waals surface area contributed by atoms with Gasteiger partial charge in [-0.05, 0) is 68.9 Å². The molecule has 4 rings (SSSR count). The summed E-state index contributed by atoms with van der Waals surface area (Å²) in [4.78, 5) is 27.8. The van der Waals surface area contributed by atoms with Crippen molar-refractivity contribution in [3.63, 3.8) is 0 Å². The average Bonchev–Trinajstić information content (AvgIpc) is 3.41. The Morgan fingerprint density at radius 2 is 1.93 bits per heavy atom. The van der Waals surface area contributed by atoms with Crippen LogP contribution in [0.1, 0.15) is 58.5 Å². The van der Waals surface area contributed by atoms with Gasteiger partial charge in [-0.3, -0.25) is 9.59 Å². The van der Waals surface area contributed by atoms with E-state index in [0.29, 0.717) is 23.7 Å². The lowest BCUT2D eigenvalue weighted by molar-refractivity contribution is -0.0224. The van der Waals surface area contributed by atoms with E-state index >= 15 is 0 Å². The molecule has 0 radical (unpaired) electrons. The number of hydrogen-bond acceptors (Lipinski definition) is 3. The summed E-state index contributed by atoms with van der Waals surface area (Å²) >= 11 is 0. The van der Waals surface area contributed by atoms with Crippen molar-refractivity contribution in [2.75, 3.05) is 5.32 Å². The van der Waals surface area contributed by atoms with Crippen LogP contribution in [0.25, 0.3) is 0 Å². The largest absolute Gasteiger partial charge is 0.388 e. The molecule has 0 spiro atoms. The Balaban J connectivity index is 1.64. The molecule has 1 aliphatic heterocycles. The first-order valence-electron chi connectivity index (χ1n) is 9.90. The second-order valence-corrected chi connectivity index (χ2v) is 8.58. The number of rotatable bonds is 5. The zero-order chi connectivity index (χ0) is 20.9. The fraction of sp³-hybridized carbons (Fsp3) is 0.391. The van der Waals surface area contributed by atoms with Crippen molar-refractivity contribution in [2.45, 2.75) is 51.8 Å². The van der Waals surface area contributed by atoms with E-state index in [0.717, 1.165) is 18.4 Å². The smallest absolute Gasteiger partial charge is 0.256 e. The van der Waals surface area contributed by atoms with Gasteiger partial charge in [-0.2, -0.15) is 0 Å². The zero-order valence-electron chi connectivity index (χ0n) is 16.8. The van der Waals surface area contributed by atoms with Crippen LogP contribution in [0.15, 0.2) is 36.4 Å². The molecule has 2 aromatic carbocycles. The molecular formula is C23H25FN2O3. The second kappa shape index (κ2) is 6.95. The third kappa shape index (κ3) is 3.53. The Kier molecular flexibility index (Phi) is 4.69. The lowest BCUT2D eigenvalue weighted by Crippen LogP contribution is -2.51. The van der Waals surface area contributed by atoms with Gasteiger partial charge in [-0.1, -0.05) is 18.2 Å². The lowest BCUT2D eigenvalue weighted by Gasteiger charge is -2.37. The van der Waals surface area contributed by atoms with E-state index in [1.54, 1.807) is 43.9 Å². The fourth-order valence-corrected chi connectivity index (χ4v) is 4.38. The molecule has 1 fully saturated rings. The van der Waals surface area contributed by atoms with Crippen molar-refractivity contribution >= 4 is 17.5 Å². The predicted molar refractivity (Wildman–Crippen MR) is 108 cm³/mol. The lowest BCUT2D eigenvalue weighted by atomic mass is 9.93. The number of benzene rings is 2. The molecule has 1 aliphatic carbocycles. The number of carbonyl (C=O) groups excluding carboxylic acids is 2. The summed E-state index contributed by atoms with van der Waals surface area (Å²) in [5.74, 6) is -0.800. The normalized spacial score (nSPS) is 17.3. The quantitative estimate of drug-likeness (QED) is 0.806. The first kappa shape index (κ1) is 19.6.